The number of nitrogens with one attached hydrogen (secondary N) is 2. The molecule has 2 aromatic carbocycles. The van der Waals surface area contributed by atoms with Crippen LogP contribution in [0.3, 0.4) is 0 Å². The normalized spacial score (nSPS) is 29.6. The van der Waals surface area contributed by atoms with E-state index in [-0.39, 0.29) is 11.8 Å². The van der Waals surface area contributed by atoms with Gasteiger partial charge in [-0.1, -0.05) is 59.7 Å². The molecule has 2 amide bonds. The van der Waals surface area contributed by atoms with Gasteiger partial charge in [0, 0.05) is 0 Å². The maximum absolute atomic E-state index is 13.3. The van der Waals surface area contributed by atoms with E-state index in [9.17, 15) is 9.59 Å². The molecule has 4 fully saturated rings. The van der Waals surface area contributed by atoms with Crippen LogP contribution in [-0.4, -0.2) is 24.2 Å². The lowest BCUT2D eigenvalue weighted by Crippen LogP contribution is -2.60. The summed E-state index contributed by atoms with van der Waals surface area (Å²) in [6.45, 7) is 4.07. The number of nitrogens with zero attached hydrogens (tertiary/aromatic N) is 2. The third-order valence-corrected chi connectivity index (χ3v) is 7.94. The Hall–Kier alpha value is -3.28. The van der Waals surface area contributed by atoms with E-state index < -0.39 is 10.8 Å². The molecule has 0 atom stereocenters. The Morgan fingerprint density at radius 3 is 1.50 bits per heavy atom. The monoisotopic (exact) mass is 456 g/mol. The lowest BCUT2D eigenvalue weighted by atomic mass is 9.43. The van der Waals surface area contributed by atoms with E-state index in [1.54, 1.807) is 12.4 Å². The van der Waals surface area contributed by atoms with Crippen molar-refractivity contribution >= 4 is 24.2 Å². The second-order valence-corrected chi connectivity index (χ2v) is 10.7. The molecule has 4 aliphatic rings. The number of carbonyl (C=O) groups excluding carboxylic acids is 2. The van der Waals surface area contributed by atoms with E-state index in [1.807, 2.05) is 62.4 Å². The van der Waals surface area contributed by atoms with Gasteiger partial charge in [-0.3, -0.25) is 9.59 Å². The van der Waals surface area contributed by atoms with Crippen molar-refractivity contribution in [2.45, 2.75) is 52.4 Å². The second-order valence-electron chi connectivity index (χ2n) is 10.7. The molecular weight excluding hydrogens is 424 g/mol. The molecule has 4 bridgehead atoms. The Kier molecular flexibility index (Phi) is 5.84. The second kappa shape index (κ2) is 8.82. The van der Waals surface area contributed by atoms with Crippen LogP contribution in [0, 0.1) is 36.5 Å². The van der Waals surface area contributed by atoms with Crippen LogP contribution in [0.15, 0.2) is 58.7 Å². The van der Waals surface area contributed by atoms with Crippen LogP contribution in [0.5, 0.6) is 0 Å². The van der Waals surface area contributed by atoms with Crippen molar-refractivity contribution in [3.63, 3.8) is 0 Å². The molecular formula is C28H32N4O2. The number of rotatable bonds is 6. The van der Waals surface area contributed by atoms with Gasteiger partial charge in [0.2, 0.25) is 11.8 Å². The van der Waals surface area contributed by atoms with Crippen LogP contribution in [0.2, 0.25) is 0 Å². The quantitative estimate of drug-likeness (QED) is 0.496. The van der Waals surface area contributed by atoms with Crippen LogP contribution in [-0.2, 0) is 9.59 Å². The number of amides is 2. The molecule has 2 aromatic rings. The Morgan fingerprint density at radius 2 is 1.12 bits per heavy atom. The Bertz CT molecular complexity index is 1030. The minimum absolute atomic E-state index is 0.0507. The van der Waals surface area contributed by atoms with Gasteiger partial charge in [0.05, 0.1) is 23.3 Å². The predicted molar refractivity (Wildman–Crippen MR) is 133 cm³/mol. The zero-order chi connectivity index (χ0) is 23.8. The zero-order valence-corrected chi connectivity index (χ0v) is 19.9. The van der Waals surface area contributed by atoms with Crippen molar-refractivity contribution in [3.8, 4) is 0 Å². The molecule has 6 nitrogen and oxygen atoms in total. The molecule has 0 aromatic heterocycles. The highest BCUT2D eigenvalue weighted by molar-refractivity contribution is 5.90. The standard InChI is InChI=1S/C28H32N4O2/c1-19-3-7-21(8-4-19)16-29-31-25(33)27-12-23-11-24(13-27)15-28(14-23,18-27)26(34)32-30-17-22-9-5-20(2)6-10-22/h3-10,16-17,23-24H,11-15,18H2,1-2H3,(H,31,33)(H,32,34)/b29-16+,30-17+. The minimum Gasteiger partial charge on any atom is -0.273 e. The van der Waals surface area contributed by atoms with Gasteiger partial charge in [-0.05, 0) is 75.3 Å². The van der Waals surface area contributed by atoms with Gasteiger partial charge < -0.3 is 0 Å². The summed E-state index contributed by atoms with van der Waals surface area (Å²) in [5.41, 5.74) is 8.80. The van der Waals surface area contributed by atoms with Gasteiger partial charge in [0.15, 0.2) is 0 Å². The highest BCUT2D eigenvalue weighted by Crippen LogP contribution is 2.65. The van der Waals surface area contributed by atoms with Crippen LogP contribution < -0.4 is 10.9 Å². The predicted octanol–water partition coefficient (Wildman–Crippen LogP) is 4.49. The SMILES string of the molecule is Cc1ccc(/C=N/NC(=O)C23CC4CC(C2)CC(C(=O)N/N=C/c2ccc(C)cc2)(C4)C3)cc1. The molecule has 0 unspecified atom stereocenters. The summed E-state index contributed by atoms with van der Waals surface area (Å²) >= 11 is 0. The fourth-order valence-electron chi connectivity index (χ4n) is 6.67. The first kappa shape index (κ1) is 22.5. The third-order valence-electron chi connectivity index (χ3n) is 7.94. The van der Waals surface area contributed by atoms with E-state index in [4.69, 9.17) is 0 Å². The zero-order valence-electron chi connectivity index (χ0n) is 19.9. The minimum atomic E-state index is -0.521. The first-order valence-electron chi connectivity index (χ1n) is 12.2. The number of benzene rings is 2. The number of aryl methyl sites for hydroxylation is 2. The molecule has 0 aliphatic heterocycles. The van der Waals surface area contributed by atoms with Crippen molar-refractivity contribution in [1.29, 1.82) is 0 Å². The summed E-state index contributed by atoms with van der Waals surface area (Å²) < 4.78 is 0. The molecule has 4 saturated carbocycles. The average molecular weight is 457 g/mol. The van der Waals surface area contributed by atoms with E-state index in [0.717, 1.165) is 43.2 Å². The van der Waals surface area contributed by atoms with Gasteiger partial charge in [-0.15, -0.1) is 0 Å². The number of hydrazone groups is 2. The first-order chi connectivity index (χ1) is 16.4. The van der Waals surface area contributed by atoms with E-state index >= 15 is 0 Å². The maximum atomic E-state index is 13.3. The largest absolute Gasteiger partial charge is 0.273 e. The van der Waals surface area contributed by atoms with Crippen LogP contribution in [0.1, 0.15) is 60.8 Å². The van der Waals surface area contributed by atoms with E-state index in [0.29, 0.717) is 18.3 Å². The number of carbonyl (C=O) groups is 2. The molecule has 0 heterocycles. The fourth-order valence-corrected chi connectivity index (χ4v) is 6.67. The molecule has 176 valence electrons. The van der Waals surface area contributed by atoms with Gasteiger partial charge in [0.25, 0.3) is 0 Å². The Balaban J connectivity index is 1.27. The summed E-state index contributed by atoms with van der Waals surface area (Å²) in [6.07, 6.45) is 8.43. The van der Waals surface area contributed by atoms with Crippen molar-refractivity contribution in [2.24, 2.45) is 32.9 Å². The molecule has 34 heavy (non-hydrogen) atoms. The highest BCUT2D eigenvalue weighted by atomic mass is 16.2. The first-order valence-corrected chi connectivity index (χ1v) is 12.2. The summed E-state index contributed by atoms with van der Waals surface area (Å²) in [7, 11) is 0. The third kappa shape index (κ3) is 4.41. The van der Waals surface area contributed by atoms with Gasteiger partial charge in [-0.2, -0.15) is 10.2 Å². The molecule has 6 rings (SSSR count). The van der Waals surface area contributed by atoms with Gasteiger partial charge in [-0.25, -0.2) is 10.9 Å². The van der Waals surface area contributed by atoms with Crippen LogP contribution >= 0.6 is 0 Å². The molecule has 0 radical (unpaired) electrons. The van der Waals surface area contributed by atoms with Crippen molar-refractivity contribution in [3.05, 3.63) is 70.8 Å². The Morgan fingerprint density at radius 1 is 0.735 bits per heavy atom. The van der Waals surface area contributed by atoms with E-state index in [1.165, 1.54) is 11.1 Å². The van der Waals surface area contributed by atoms with Crippen molar-refractivity contribution in [1.82, 2.24) is 10.9 Å². The van der Waals surface area contributed by atoms with Gasteiger partial charge >= 0.3 is 0 Å². The van der Waals surface area contributed by atoms with Crippen molar-refractivity contribution in [2.75, 3.05) is 0 Å². The molecule has 0 saturated heterocycles. The summed E-state index contributed by atoms with van der Waals surface area (Å²) in [6, 6.07) is 16.0. The summed E-state index contributed by atoms with van der Waals surface area (Å²) in [5.74, 6) is 0.704. The van der Waals surface area contributed by atoms with Crippen LogP contribution in [0.25, 0.3) is 0 Å². The smallest absolute Gasteiger partial charge is 0.246 e. The lowest BCUT2D eigenvalue weighted by molar-refractivity contribution is -0.167. The lowest BCUT2D eigenvalue weighted by Gasteiger charge is -2.60. The Labute approximate surface area is 200 Å². The summed E-state index contributed by atoms with van der Waals surface area (Å²) in [4.78, 5) is 26.7. The molecule has 0 spiro atoms. The molecule has 2 N–H and O–H groups in total. The van der Waals surface area contributed by atoms with Crippen molar-refractivity contribution < 1.29 is 9.59 Å². The number of hydrogen-bond donors (Lipinski definition) is 2. The van der Waals surface area contributed by atoms with Crippen LogP contribution in [0.4, 0.5) is 0 Å². The summed E-state index contributed by atoms with van der Waals surface area (Å²) in [5, 5.41) is 8.47. The molecule has 6 heteroatoms. The van der Waals surface area contributed by atoms with E-state index in [2.05, 4.69) is 21.1 Å². The van der Waals surface area contributed by atoms with Gasteiger partial charge in [0.1, 0.15) is 0 Å². The fraction of sp³-hybridized carbons (Fsp3) is 0.429. The number of hydrogen-bond acceptors (Lipinski definition) is 4. The topological polar surface area (TPSA) is 82.9 Å². The average Bonchev–Trinajstić information content (AvgIpc) is 2.80. The maximum Gasteiger partial charge on any atom is 0.246 e. The molecule has 4 aliphatic carbocycles. The highest BCUT2D eigenvalue weighted by Gasteiger charge is 2.63.